The van der Waals surface area contributed by atoms with E-state index in [0.717, 1.165) is 56.2 Å². The highest BCUT2D eigenvalue weighted by Gasteiger charge is 2.23. The molecule has 0 spiro atoms. The van der Waals surface area contributed by atoms with Crippen LogP contribution in [0, 0.1) is 29.5 Å². The summed E-state index contributed by atoms with van der Waals surface area (Å²) in [6.45, 7) is 16.4. The van der Waals surface area contributed by atoms with E-state index in [0.29, 0.717) is 65.3 Å². The molecule has 0 aliphatic rings. The number of carbonyl (C=O) groups excluding carboxylic acids is 4. The molecule has 2 aromatic heterocycles. The number of rotatable bonds is 18. The van der Waals surface area contributed by atoms with Crippen molar-refractivity contribution in [1.29, 1.82) is 5.26 Å². The van der Waals surface area contributed by atoms with Gasteiger partial charge in [-0.1, -0.05) is 94.4 Å². The van der Waals surface area contributed by atoms with Crippen molar-refractivity contribution >= 4 is 134 Å². The van der Waals surface area contributed by atoms with E-state index in [9.17, 15) is 28.0 Å². The summed E-state index contributed by atoms with van der Waals surface area (Å²) >= 11 is 9.98. The zero-order valence-corrected chi connectivity index (χ0v) is 55.3. The van der Waals surface area contributed by atoms with E-state index < -0.39 is 24.7 Å². The van der Waals surface area contributed by atoms with Gasteiger partial charge in [0, 0.05) is 61.6 Å². The molecule has 0 atom stereocenters. The summed E-state index contributed by atoms with van der Waals surface area (Å²) in [5, 5.41) is 58.1. The molecular weight excluding hydrogens is 1370 g/mol. The number of hydrogen-bond acceptors (Lipinski definition) is 18. The second-order valence-electron chi connectivity index (χ2n) is 18.4. The lowest BCUT2D eigenvalue weighted by atomic mass is 9.79. The first-order valence-electron chi connectivity index (χ1n) is 27.9. The van der Waals surface area contributed by atoms with Crippen molar-refractivity contribution < 1.29 is 47.5 Å². The molecule has 0 aliphatic carbocycles. The highest BCUT2D eigenvalue weighted by Crippen LogP contribution is 2.37. The number of anilines is 4. The highest BCUT2D eigenvalue weighted by atomic mass is 79.9. The van der Waals surface area contributed by atoms with Crippen LogP contribution in [0.3, 0.4) is 0 Å². The number of nitrogen functional groups attached to an aromatic ring is 3. The summed E-state index contributed by atoms with van der Waals surface area (Å²) < 4.78 is 39.9. The van der Waals surface area contributed by atoms with Gasteiger partial charge in [0.2, 0.25) is 5.71 Å². The first kappa shape index (κ1) is 75.9. The van der Waals surface area contributed by atoms with Gasteiger partial charge in [0.15, 0.2) is 11.4 Å². The summed E-state index contributed by atoms with van der Waals surface area (Å²) in [4.78, 5) is 49.0. The summed E-state index contributed by atoms with van der Waals surface area (Å²) in [5.74, 6) is -1.94. The van der Waals surface area contributed by atoms with Crippen LogP contribution in [0.15, 0.2) is 140 Å². The molecule has 29 heteroatoms. The quantitative estimate of drug-likeness (QED) is 0.0126. The molecule has 13 N–H and O–H groups in total. The molecule has 0 aliphatic heterocycles. The van der Waals surface area contributed by atoms with Crippen LogP contribution in [-0.4, -0.2) is 114 Å². The molecule has 0 fully saturated rings. The van der Waals surface area contributed by atoms with Gasteiger partial charge in [0.1, 0.15) is 40.2 Å². The van der Waals surface area contributed by atoms with Gasteiger partial charge in [0.05, 0.1) is 42.3 Å². The zero-order valence-electron chi connectivity index (χ0n) is 50.6. The number of benzene rings is 6. The highest BCUT2D eigenvalue weighted by molar-refractivity contribution is 9.11. The second-order valence-corrected chi connectivity index (χ2v) is 21.0. The number of hydrogen-bond donors (Lipinski definition) is 10. The average Bonchev–Trinajstić information content (AvgIpc) is 0.822. The minimum absolute atomic E-state index is 0.0417. The Labute approximate surface area is 551 Å². The second kappa shape index (κ2) is 41.0. The van der Waals surface area contributed by atoms with Crippen LogP contribution >= 0.6 is 47.8 Å². The van der Waals surface area contributed by atoms with E-state index in [1.54, 1.807) is 42.5 Å². The minimum atomic E-state index is -1.85. The van der Waals surface area contributed by atoms with Gasteiger partial charge >= 0.3 is 7.12 Å². The predicted octanol–water partition coefficient (Wildman–Crippen LogP) is 9.52. The average molecular weight is 1440 g/mol. The Kier molecular flexibility index (Phi) is 34.2. The minimum Gasteiger partial charge on any atom is -0.497 e. The van der Waals surface area contributed by atoms with Crippen LogP contribution < -0.4 is 58.8 Å². The summed E-state index contributed by atoms with van der Waals surface area (Å²) in [5.41, 5.74) is 24.0. The molecule has 8 rings (SSSR count). The molecule has 0 radical (unpaired) electrons. The van der Waals surface area contributed by atoms with Crippen molar-refractivity contribution in [2.24, 2.45) is 5.10 Å². The van der Waals surface area contributed by atoms with E-state index in [1.165, 1.54) is 32.4 Å². The van der Waals surface area contributed by atoms with Crippen molar-refractivity contribution in [2.75, 3.05) is 69.6 Å². The van der Waals surface area contributed by atoms with Gasteiger partial charge in [-0.25, -0.2) is 15.4 Å². The molecule has 23 nitrogen and oxygen atoms in total. The monoisotopic (exact) mass is 1440 g/mol. The number of amides is 4. The number of nitrogens with one attached hydrogen (secondary N) is 5. The summed E-state index contributed by atoms with van der Waals surface area (Å²) in [6, 6.07) is 36.0. The molecule has 0 saturated carbocycles. The SMILES string of the molecule is CCCNC(=O)/C(C#N)=N/Nc1ccccc1Br.CCCNC(=O)c1nnc2c(-c3c(F)cccc3OC)cccc2c1N.CCCNC(=O)c1nnc2c(Br)cccc2c1N.COc1cccc(F)c1B(O)O.Nc1ccccc1Br.[C-]#[N+]CC(=O)NCCC. The number of aromatic nitrogens is 4. The molecular formula is C62H69BBr3F2N15O8. The van der Waals surface area contributed by atoms with E-state index >= 15 is 0 Å². The Bertz CT molecular complexity index is 3820. The number of halogens is 5. The van der Waals surface area contributed by atoms with Crippen LogP contribution in [0.5, 0.6) is 11.5 Å². The van der Waals surface area contributed by atoms with Gasteiger partial charge in [0.25, 0.3) is 30.2 Å². The summed E-state index contributed by atoms with van der Waals surface area (Å²) in [6.07, 6.45) is 3.38. The molecule has 6 aromatic carbocycles. The van der Waals surface area contributed by atoms with Crippen molar-refractivity contribution in [3.05, 3.63) is 169 Å². The normalized spacial score (nSPS) is 10.1. The Morgan fingerprint density at radius 2 is 1.11 bits per heavy atom. The number of methoxy groups -OCH3 is 2. The van der Waals surface area contributed by atoms with Gasteiger partial charge < -0.3 is 62.8 Å². The number of carbonyl (C=O) groups is 4. The molecule has 0 saturated heterocycles. The first-order chi connectivity index (χ1) is 43.7. The van der Waals surface area contributed by atoms with Gasteiger partial charge in [-0.2, -0.15) is 10.4 Å². The van der Waals surface area contributed by atoms with Crippen molar-refractivity contribution in [3.63, 3.8) is 0 Å². The maximum absolute atomic E-state index is 14.5. The van der Waals surface area contributed by atoms with Crippen LogP contribution in [0.4, 0.5) is 31.5 Å². The van der Waals surface area contributed by atoms with Crippen LogP contribution in [0.2, 0.25) is 0 Å². The fourth-order valence-electron chi connectivity index (χ4n) is 7.31. The fourth-order valence-corrected chi connectivity index (χ4v) is 8.42. The zero-order chi connectivity index (χ0) is 67.4. The number of hydrazone groups is 1. The van der Waals surface area contributed by atoms with E-state index in [2.05, 4.69) is 105 Å². The third-order valence-electron chi connectivity index (χ3n) is 11.8. The van der Waals surface area contributed by atoms with E-state index in [1.807, 2.05) is 88.4 Å². The fraction of sp³-hybridized carbons (Fsp3) is 0.242. The third-order valence-corrected chi connectivity index (χ3v) is 13.8. The molecule has 4 amide bonds. The number of para-hydroxylation sites is 2. The number of ether oxygens (including phenoxy) is 2. The Morgan fingerprint density at radius 3 is 1.62 bits per heavy atom. The van der Waals surface area contributed by atoms with Gasteiger partial charge in [-0.3, -0.25) is 24.6 Å². The lowest BCUT2D eigenvalue weighted by Crippen LogP contribution is -2.33. The number of nitrogens with two attached hydrogens (primary N) is 3. The Balaban J connectivity index is 0.000000298. The summed E-state index contributed by atoms with van der Waals surface area (Å²) in [7, 11) is 0.960. The lowest BCUT2D eigenvalue weighted by Gasteiger charge is -2.13. The van der Waals surface area contributed by atoms with Crippen molar-refractivity contribution in [2.45, 2.75) is 53.4 Å². The number of nitriles is 1. The van der Waals surface area contributed by atoms with Gasteiger partial charge in [-0.05, 0) is 128 Å². The maximum atomic E-state index is 14.5. The van der Waals surface area contributed by atoms with Gasteiger partial charge in [-0.15, -0.1) is 20.4 Å². The Morgan fingerprint density at radius 1 is 0.626 bits per heavy atom. The maximum Gasteiger partial charge on any atom is 0.495 e. The smallest absolute Gasteiger partial charge is 0.495 e. The number of fused-ring (bicyclic) bond motifs is 2. The predicted molar refractivity (Wildman–Crippen MR) is 363 cm³/mol. The van der Waals surface area contributed by atoms with E-state index in [-0.39, 0.29) is 63.8 Å². The number of nitrogens with zero attached hydrogens (tertiary/aromatic N) is 7. The van der Waals surface area contributed by atoms with Crippen LogP contribution in [0.25, 0.3) is 37.8 Å². The molecule has 0 unspecified atom stereocenters. The van der Waals surface area contributed by atoms with Crippen molar-refractivity contribution in [3.8, 4) is 28.7 Å². The molecule has 91 heavy (non-hydrogen) atoms. The molecule has 8 aromatic rings. The molecule has 0 bridgehead atoms. The lowest BCUT2D eigenvalue weighted by molar-refractivity contribution is -0.119. The van der Waals surface area contributed by atoms with Crippen molar-refractivity contribution in [1.82, 2.24) is 41.7 Å². The Hall–Kier alpha value is -9.39. The van der Waals surface area contributed by atoms with Crippen LogP contribution in [0.1, 0.15) is 74.4 Å². The molecule has 478 valence electrons. The third kappa shape index (κ3) is 23.8. The first-order valence-corrected chi connectivity index (χ1v) is 30.3. The molecule has 2 heterocycles. The standard InChI is InChI=1S/C19H19FN4O2.2C12H13BrN4O.C7H8BFO3.C6H6BrN.C6H10N2O/c1-3-10-22-19(25)18-16(21)12-7-4-6-11(17(12)23-24-18)15-13(20)8-5-9-14(15)26-2;1-2-6-15-12(18)11-9(14)7-4-3-5-8(13)10(7)16-17-11;1-2-7-15-12(18)11(8-14)17-16-10-6-4-3-5-9(10)13;1-12-6-4-2-3-5(9)7(6)8(10)11;7-5-3-1-2-4-6(5)8;1-3-4-8-6(9)5-7-2/h4-9H,3,10H2,1-2H3,(H2,21,23)(H,22,25);3-5H,2,6H2,1H3,(H2,14,16)(H,15,18);3-6,16H,2,7H2,1H3,(H,15,18);2-4,10-11H,1H3;1-4H,8H2;3-5H2,1H3,(H,8,9)/b;;17-11+;;;. The van der Waals surface area contributed by atoms with E-state index in [4.69, 9.17) is 48.6 Å². The topological polar surface area (TPSA) is 357 Å². The van der Waals surface area contributed by atoms with Crippen LogP contribution in [-0.2, 0) is 9.59 Å². The largest absolute Gasteiger partial charge is 0.497 e.